The lowest BCUT2D eigenvalue weighted by atomic mass is 10.2. The zero-order chi connectivity index (χ0) is 14.5. The number of nitrogens with one attached hydrogen (secondary N) is 2. The zero-order valence-electron chi connectivity index (χ0n) is 11.3. The van der Waals surface area contributed by atoms with E-state index in [1.54, 1.807) is 6.07 Å². The monoisotopic (exact) mass is 280 g/mol. The van der Waals surface area contributed by atoms with Crippen LogP contribution in [0.1, 0.15) is 12.8 Å². The van der Waals surface area contributed by atoms with Gasteiger partial charge in [-0.05, 0) is 12.1 Å². The SMILES string of the molecule is COc1ccc(NC(=O)C[NH+]2CCCC2)c([N+](=O)[O-])c1. The van der Waals surface area contributed by atoms with Gasteiger partial charge < -0.3 is 15.0 Å². The lowest BCUT2D eigenvalue weighted by Crippen LogP contribution is -3.11. The number of hydrogen-bond donors (Lipinski definition) is 2. The Labute approximate surface area is 116 Å². The molecule has 1 amide bonds. The first-order valence-electron chi connectivity index (χ1n) is 6.56. The molecule has 0 unspecified atom stereocenters. The molecule has 0 spiro atoms. The van der Waals surface area contributed by atoms with Crippen LogP contribution in [-0.4, -0.2) is 37.6 Å². The second-order valence-corrected chi connectivity index (χ2v) is 4.82. The number of rotatable bonds is 5. The predicted molar refractivity (Wildman–Crippen MR) is 73.1 cm³/mol. The summed E-state index contributed by atoms with van der Waals surface area (Å²) in [7, 11) is 1.44. The molecule has 0 aromatic heterocycles. The van der Waals surface area contributed by atoms with Gasteiger partial charge in [0.2, 0.25) is 0 Å². The Morgan fingerprint density at radius 1 is 1.45 bits per heavy atom. The maximum Gasteiger partial charge on any atom is 0.296 e. The van der Waals surface area contributed by atoms with E-state index < -0.39 is 4.92 Å². The number of quaternary nitrogens is 1. The summed E-state index contributed by atoms with van der Waals surface area (Å²) in [5, 5.41) is 13.6. The number of benzene rings is 1. The molecule has 1 heterocycles. The highest BCUT2D eigenvalue weighted by Gasteiger charge is 2.22. The number of methoxy groups -OCH3 is 1. The fourth-order valence-electron chi connectivity index (χ4n) is 2.37. The van der Waals surface area contributed by atoms with E-state index in [9.17, 15) is 14.9 Å². The van der Waals surface area contributed by atoms with Crippen LogP contribution in [0.2, 0.25) is 0 Å². The number of hydrogen-bond acceptors (Lipinski definition) is 4. The van der Waals surface area contributed by atoms with Gasteiger partial charge in [0.25, 0.3) is 11.6 Å². The summed E-state index contributed by atoms with van der Waals surface area (Å²) in [6.45, 7) is 2.32. The molecular weight excluding hydrogens is 262 g/mol. The van der Waals surface area contributed by atoms with E-state index in [0.717, 1.165) is 25.9 Å². The molecule has 1 fully saturated rings. The van der Waals surface area contributed by atoms with Gasteiger partial charge >= 0.3 is 0 Å². The molecule has 1 aliphatic heterocycles. The third-order valence-corrected chi connectivity index (χ3v) is 3.40. The molecule has 1 aromatic rings. The Balaban J connectivity index is 2.07. The van der Waals surface area contributed by atoms with Gasteiger partial charge in [0.1, 0.15) is 11.4 Å². The Morgan fingerprint density at radius 2 is 2.15 bits per heavy atom. The first kappa shape index (κ1) is 14.3. The Hall–Kier alpha value is -2.15. The molecule has 0 aliphatic carbocycles. The van der Waals surface area contributed by atoms with Gasteiger partial charge in [-0.2, -0.15) is 0 Å². The number of nitro groups is 1. The van der Waals surface area contributed by atoms with Crippen molar-refractivity contribution in [3.8, 4) is 5.75 Å². The van der Waals surface area contributed by atoms with Crippen LogP contribution in [0.3, 0.4) is 0 Å². The van der Waals surface area contributed by atoms with Crippen LogP contribution in [0.15, 0.2) is 18.2 Å². The summed E-state index contributed by atoms with van der Waals surface area (Å²) < 4.78 is 4.95. The number of ether oxygens (including phenoxy) is 1. The topological polar surface area (TPSA) is 85.9 Å². The number of amides is 1. The van der Waals surface area contributed by atoms with E-state index in [1.165, 1.54) is 24.1 Å². The summed E-state index contributed by atoms with van der Waals surface area (Å²) in [5.74, 6) is 0.190. The highest BCUT2D eigenvalue weighted by atomic mass is 16.6. The molecule has 2 N–H and O–H groups in total. The Kier molecular flexibility index (Phi) is 4.52. The van der Waals surface area contributed by atoms with E-state index in [1.807, 2.05) is 0 Å². The molecule has 7 nitrogen and oxygen atoms in total. The maximum atomic E-state index is 11.9. The van der Waals surface area contributed by atoms with Crippen LogP contribution < -0.4 is 15.0 Å². The summed E-state index contributed by atoms with van der Waals surface area (Å²) >= 11 is 0. The standard InChI is InChI=1S/C13H17N3O4/c1-20-10-4-5-11(12(8-10)16(18)19)14-13(17)9-15-6-2-3-7-15/h4-5,8H,2-3,6-7,9H2,1H3,(H,14,17)/p+1. The van der Waals surface area contributed by atoms with Gasteiger partial charge in [-0.1, -0.05) is 0 Å². The summed E-state index contributed by atoms with van der Waals surface area (Å²) in [4.78, 5) is 23.6. The minimum atomic E-state index is -0.527. The van der Waals surface area contributed by atoms with Crippen molar-refractivity contribution in [1.29, 1.82) is 0 Å². The van der Waals surface area contributed by atoms with Gasteiger partial charge in [0.05, 0.1) is 31.2 Å². The van der Waals surface area contributed by atoms with Crippen LogP contribution in [-0.2, 0) is 4.79 Å². The number of anilines is 1. The van der Waals surface area contributed by atoms with Crippen molar-refractivity contribution >= 4 is 17.3 Å². The summed E-state index contributed by atoms with van der Waals surface area (Å²) in [6.07, 6.45) is 2.26. The Morgan fingerprint density at radius 3 is 2.75 bits per heavy atom. The fourth-order valence-corrected chi connectivity index (χ4v) is 2.37. The van der Waals surface area contributed by atoms with Crippen LogP contribution in [0, 0.1) is 10.1 Å². The van der Waals surface area contributed by atoms with Crippen molar-refractivity contribution in [2.24, 2.45) is 0 Å². The van der Waals surface area contributed by atoms with Crippen molar-refractivity contribution in [3.05, 3.63) is 28.3 Å². The van der Waals surface area contributed by atoms with E-state index in [0.29, 0.717) is 12.3 Å². The van der Waals surface area contributed by atoms with Crippen molar-refractivity contribution in [3.63, 3.8) is 0 Å². The van der Waals surface area contributed by atoms with Gasteiger partial charge in [-0.3, -0.25) is 14.9 Å². The van der Waals surface area contributed by atoms with Crippen LogP contribution in [0.4, 0.5) is 11.4 Å². The third kappa shape index (κ3) is 3.45. The molecular formula is C13H18N3O4+. The van der Waals surface area contributed by atoms with Gasteiger partial charge in [0, 0.05) is 12.8 Å². The van der Waals surface area contributed by atoms with Crippen molar-refractivity contribution < 1.29 is 19.4 Å². The van der Waals surface area contributed by atoms with Crippen LogP contribution in [0.25, 0.3) is 0 Å². The Bertz CT molecular complexity index is 512. The highest BCUT2D eigenvalue weighted by molar-refractivity contribution is 5.93. The summed E-state index contributed by atoms with van der Waals surface area (Å²) in [5.41, 5.74) is 0.0496. The fraction of sp³-hybridized carbons (Fsp3) is 0.462. The molecule has 20 heavy (non-hydrogen) atoms. The number of carbonyl (C=O) groups is 1. The molecule has 0 bridgehead atoms. The van der Waals surface area contributed by atoms with E-state index in [-0.39, 0.29) is 17.3 Å². The maximum absolute atomic E-state index is 11.9. The second kappa shape index (κ2) is 6.33. The molecule has 0 atom stereocenters. The normalized spacial score (nSPS) is 15.1. The molecule has 0 saturated carbocycles. The van der Waals surface area contributed by atoms with Crippen LogP contribution >= 0.6 is 0 Å². The number of nitrogens with zero attached hydrogens (tertiary/aromatic N) is 1. The first-order chi connectivity index (χ1) is 9.60. The zero-order valence-corrected chi connectivity index (χ0v) is 11.3. The van der Waals surface area contributed by atoms with E-state index in [2.05, 4.69) is 5.32 Å². The molecule has 1 aromatic carbocycles. The molecule has 108 valence electrons. The average molecular weight is 280 g/mol. The molecule has 2 rings (SSSR count). The number of nitro benzene ring substituents is 1. The first-order valence-corrected chi connectivity index (χ1v) is 6.56. The van der Waals surface area contributed by atoms with Crippen molar-refractivity contribution in [2.45, 2.75) is 12.8 Å². The lowest BCUT2D eigenvalue weighted by Gasteiger charge is -2.12. The molecule has 7 heteroatoms. The molecule has 1 aliphatic rings. The van der Waals surface area contributed by atoms with Gasteiger partial charge in [-0.25, -0.2) is 0 Å². The van der Waals surface area contributed by atoms with Crippen molar-refractivity contribution in [2.75, 3.05) is 32.1 Å². The minimum absolute atomic E-state index is 0.158. The van der Waals surface area contributed by atoms with E-state index in [4.69, 9.17) is 4.74 Å². The average Bonchev–Trinajstić information content (AvgIpc) is 2.91. The van der Waals surface area contributed by atoms with Gasteiger partial charge in [0.15, 0.2) is 6.54 Å². The predicted octanol–water partition coefficient (Wildman–Crippen LogP) is 0.221. The quantitative estimate of drug-likeness (QED) is 0.597. The molecule has 1 saturated heterocycles. The lowest BCUT2D eigenvalue weighted by molar-refractivity contribution is -0.878. The van der Waals surface area contributed by atoms with Gasteiger partial charge in [-0.15, -0.1) is 0 Å². The van der Waals surface area contributed by atoms with Crippen LogP contribution in [0.5, 0.6) is 5.75 Å². The summed E-state index contributed by atoms with van der Waals surface area (Å²) in [6, 6.07) is 4.39. The number of likely N-dealkylation sites (tertiary alicyclic amines) is 1. The minimum Gasteiger partial charge on any atom is -0.496 e. The van der Waals surface area contributed by atoms with Crippen molar-refractivity contribution in [1.82, 2.24) is 0 Å². The largest absolute Gasteiger partial charge is 0.496 e. The third-order valence-electron chi connectivity index (χ3n) is 3.40. The van der Waals surface area contributed by atoms with E-state index >= 15 is 0 Å². The second-order valence-electron chi connectivity index (χ2n) is 4.82. The number of carbonyl (C=O) groups excluding carboxylic acids is 1. The highest BCUT2D eigenvalue weighted by Crippen LogP contribution is 2.28. The smallest absolute Gasteiger partial charge is 0.296 e. The molecule has 0 radical (unpaired) electrons.